The van der Waals surface area contributed by atoms with Gasteiger partial charge in [0, 0.05) is 89.7 Å². The van der Waals surface area contributed by atoms with Crippen molar-refractivity contribution in [1.82, 2.24) is 50.1 Å². The van der Waals surface area contributed by atoms with Gasteiger partial charge in [0.15, 0.2) is 0 Å². The Balaban J connectivity index is 0.000000147. The van der Waals surface area contributed by atoms with Crippen LogP contribution < -0.4 is 16.8 Å². The number of thiazole rings is 2. The average molecular weight is 1830 g/mol. The molecule has 6 bridgehead atoms. The van der Waals surface area contributed by atoms with Crippen molar-refractivity contribution in [1.29, 1.82) is 0 Å². The molecule has 0 radical (unpaired) electrons. The van der Waals surface area contributed by atoms with Crippen molar-refractivity contribution in [3.63, 3.8) is 0 Å². The number of piperazine rings is 1. The largest absolute Gasteiger partial charge is 0.497 e. The topological polar surface area (TPSA) is 151 Å². The number of aromatic nitrogens is 5. The Morgan fingerprint density at radius 1 is 0.577 bits per heavy atom. The summed E-state index contributed by atoms with van der Waals surface area (Å²) in [7, 11) is 8.31. The standard InChI is InChI=1S/C12H17NO.C11H22N2.C11H18.2C11H20.C10H9N.2C9H13N.C9H16.C6H8N2S.C6H14N2.C5H7NS.C4H5NS/c1-3-4-10-7-9-8-11(14-2)5-6-12(9)13-10;1-12-9-5-11(6-10-12)13-7-3-2-4-8-13;1-7-4-10-8-2-3-9(6-8)11(10)5-7;1-8-7-11(4)6-5-9(8)10(11,2)3;1-8-7-9-5-6-11(8,4)10(9,2)3;1-8-4-2-5-9-6-3-7-11-10(8)9;1-8-2-4-9(5-3-8)6-7-10;1-2-3-8-4-6-9(10)7-5-8;1-9-6-2-4-8(9)5-3-7-9;1-4-7-8-6(9-4)5-2-3-5;1-7-3-5-8(2)6-4-7;1-2-5-3-6-4-7-5;1-4-5-2-3-6-4/h5-9,12-13H,3-4H2,1-2H3;11H,2-10H2,1H3;7-11H,2-6H2,1H3;2*8-9H,5-7H2,1-4H3;2-7H,1H3;2-5H,6-7,10H2,1H3;4-7H,2-3,10H2,1H3;8H,2-7H2,1H3;5H,2-3H2,1H3;3-6H2,1-2H3;3-4H,2H2,1H3;2-3H,1H3. The summed E-state index contributed by atoms with van der Waals surface area (Å²) in [6, 6.07) is 28.2. The molecule has 0 spiro atoms. The van der Waals surface area contributed by atoms with Crippen LogP contribution in [0, 0.1) is 120 Å². The van der Waals surface area contributed by atoms with E-state index in [1.165, 1.54) is 254 Å². The first-order valence-electron chi connectivity index (χ1n) is 52.0. The van der Waals surface area contributed by atoms with Gasteiger partial charge in [-0.25, -0.2) is 0 Å². The predicted octanol–water partition coefficient (Wildman–Crippen LogP) is 27.9. The molecule has 22 rings (SSSR count). The van der Waals surface area contributed by atoms with Gasteiger partial charge in [-0.15, -0.1) is 44.2 Å². The number of nitrogen functional groups attached to an aromatic ring is 1. The number of likely N-dealkylation sites (tertiary alicyclic amines) is 2. The van der Waals surface area contributed by atoms with Crippen LogP contribution in [-0.2, 0) is 24.0 Å². The van der Waals surface area contributed by atoms with Crippen LogP contribution in [0.1, 0.15) is 311 Å². The van der Waals surface area contributed by atoms with Crippen molar-refractivity contribution in [3.8, 4) is 0 Å². The quantitative estimate of drug-likeness (QED) is 0.112. The molecule has 13 nitrogen and oxygen atoms in total. The molecular weight excluding hydrogens is 1650 g/mol. The van der Waals surface area contributed by atoms with E-state index in [1.54, 1.807) is 79.4 Å². The molecule has 11 aliphatic carbocycles. The number of likely N-dealkylation sites (N-methyl/N-ethyl adjacent to an activating group) is 2. The predicted molar refractivity (Wildman–Crippen MR) is 561 cm³/mol. The van der Waals surface area contributed by atoms with Gasteiger partial charge in [-0.3, -0.25) is 15.0 Å². The van der Waals surface area contributed by atoms with Crippen LogP contribution in [0.2, 0.25) is 0 Å². The smallest absolute Gasteiger partial charge is 0.120 e. The number of methoxy groups -OCH3 is 1. The maximum atomic E-state index is 5.52. The third-order valence-electron chi connectivity index (χ3n) is 34.2. The highest BCUT2D eigenvalue weighted by atomic mass is 32.1. The van der Waals surface area contributed by atoms with E-state index in [9.17, 15) is 0 Å². The third kappa shape index (κ3) is 30.9. The zero-order chi connectivity index (χ0) is 93.6. The van der Waals surface area contributed by atoms with E-state index < -0.39 is 0 Å². The van der Waals surface area contributed by atoms with Crippen molar-refractivity contribution in [2.24, 2.45) is 97.9 Å². The highest BCUT2D eigenvalue weighted by molar-refractivity contribution is 7.11. The molecule has 13 fully saturated rings. The molecule has 12 atom stereocenters. The molecule has 7 aromatic rings. The number of pyridine rings is 1. The molecule has 16 heteroatoms. The summed E-state index contributed by atoms with van der Waals surface area (Å²) >= 11 is 5.11. The summed E-state index contributed by atoms with van der Waals surface area (Å²) in [5.41, 5.74) is 24.8. The number of ether oxygens (including phenoxy) is 1. The van der Waals surface area contributed by atoms with E-state index in [-0.39, 0.29) is 0 Å². The van der Waals surface area contributed by atoms with Crippen LogP contribution in [0.25, 0.3) is 10.9 Å². The minimum absolute atomic E-state index is 0.454. The number of nitrogens with one attached hydrogen (secondary N) is 1. The fraction of sp³-hybridized carbons (Fsp3) is 0.693. The van der Waals surface area contributed by atoms with Crippen LogP contribution in [0.5, 0.6) is 0 Å². The Kier molecular flexibility index (Phi) is 42.6. The number of hydrogen-bond acceptors (Lipinski definition) is 16. The third-order valence-corrected chi connectivity index (χ3v) is 36.8. The summed E-state index contributed by atoms with van der Waals surface area (Å²) in [4.78, 5) is 23.4. The summed E-state index contributed by atoms with van der Waals surface area (Å²) in [6.07, 6.45) is 56.8. The fourth-order valence-corrected chi connectivity index (χ4v) is 26.7. The van der Waals surface area contributed by atoms with Crippen LogP contribution in [0.3, 0.4) is 0 Å². The summed E-state index contributed by atoms with van der Waals surface area (Å²) in [5.74, 6) is 13.1. The van der Waals surface area contributed by atoms with Gasteiger partial charge < -0.3 is 41.1 Å². The second-order valence-corrected chi connectivity index (χ2v) is 47.3. The molecule has 3 aromatic carbocycles. The minimum atomic E-state index is 0.454. The Bertz CT molecular complexity index is 4320. The van der Waals surface area contributed by atoms with Crippen molar-refractivity contribution in [2.45, 2.75) is 328 Å². The Morgan fingerprint density at radius 3 is 1.67 bits per heavy atom. The van der Waals surface area contributed by atoms with Crippen LogP contribution in [0.4, 0.5) is 5.69 Å². The lowest BCUT2D eigenvalue weighted by atomic mass is 9.67. The Labute approximate surface area is 805 Å². The molecule has 130 heavy (non-hydrogen) atoms. The van der Waals surface area contributed by atoms with Gasteiger partial charge >= 0.3 is 0 Å². The number of rotatable bonds is 10. The van der Waals surface area contributed by atoms with Crippen LogP contribution in [-0.4, -0.2) is 144 Å². The number of para-hydroxylation sites is 1. The first kappa shape index (κ1) is 106. The highest BCUT2D eigenvalue weighted by Crippen LogP contribution is 2.69. The zero-order valence-corrected chi connectivity index (χ0v) is 88.1. The average Bonchev–Trinajstić information content (AvgIpc) is 1.56. The van der Waals surface area contributed by atoms with Gasteiger partial charge in [0.1, 0.15) is 15.8 Å². The lowest BCUT2D eigenvalue weighted by molar-refractivity contribution is 0.103. The number of allylic oxidation sites excluding steroid dienone is 2. The van der Waals surface area contributed by atoms with E-state index in [1.807, 2.05) is 61.4 Å². The number of benzene rings is 3. The Morgan fingerprint density at radius 2 is 1.21 bits per heavy atom. The molecular formula is C114H182N12OS3. The molecule has 4 aromatic heterocycles. The normalized spacial score (nSPS) is 29.8. The maximum absolute atomic E-state index is 5.52. The molecule has 10 saturated carbocycles. The van der Waals surface area contributed by atoms with Crippen molar-refractivity contribution < 1.29 is 4.74 Å². The van der Waals surface area contributed by atoms with E-state index in [0.29, 0.717) is 33.6 Å². The molecule has 15 aliphatic rings. The highest BCUT2D eigenvalue weighted by Gasteiger charge is 2.60. The van der Waals surface area contributed by atoms with Crippen molar-refractivity contribution in [2.75, 3.05) is 92.9 Å². The lowest BCUT2D eigenvalue weighted by Crippen LogP contribution is -2.45. The van der Waals surface area contributed by atoms with Gasteiger partial charge in [-0.05, 0) is 375 Å². The molecule has 5 N–H and O–H groups in total. The lowest BCUT2D eigenvalue weighted by Gasteiger charge is -2.39. The number of nitrogens with two attached hydrogens (primary N) is 2. The monoisotopic (exact) mass is 1830 g/mol. The second kappa shape index (κ2) is 52.0. The van der Waals surface area contributed by atoms with E-state index >= 15 is 0 Å². The minimum Gasteiger partial charge on any atom is -0.497 e. The second-order valence-electron chi connectivity index (χ2n) is 44.0. The van der Waals surface area contributed by atoms with Crippen molar-refractivity contribution >= 4 is 50.6 Å². The number of aryl methyl sites for hydroxylation is 6. The Hall–Kier alpha value is -5.69. The molecule has 3 saturated heterocycles. The fourth-order valence-electron chi connectivity index (χ4n) is 24.8. The van der Waals surface area contributed by atoms with Gasteiger partial charge in [0.05, 0.1) is 29.2 Å². The number of fused-ring (bicyclic) bond motifs is 12. The number of nitrogens with zero attached hydrogens (tertiary/aromatic N) is 9. The van der Waals surface area contributed by atoms with Gasteiger partial charge in [-0.2, -0.15) is 0 Å². The van der Waals surface area contributed by atoms with E-state index in [2.05, 4.69) is 254 Å². The van der Waals surface area contributed by atoms with Crippen molar-refractivity contribution in [3.05, 3.63) is 186 Å². The summed E-state index contributed by atoms with van der Waals surface area (Å²) < 4.78 is 5.21. The molecule has 8 heterocycles. The number of anilines is 1. The van der Waals surface area contributed by atoms with Gasteiger partial charge in [-0.1, -0.05) is 200 Å². The zero-order valence-electron chi connectivity index (χ0n) is 85.7. The SMILES string of the molecule is CC12CCCC1CCC2.CC1CC2(C)CCC1C2(C)C.CC1CC2C3CCC(C3)C2C1.CC1CC2CCC1(C)C2(C)C.CCCC1=CC2C=C(OC)C=CC2N1.CCCc1ccc(N)cc1.CCc1cncs1.CN1CCC(N2CCCCC2)CC1.CN1CCN(C)CC1.Cc1ccc(CCN)cc1.Cc1cccc2cccnc12.Cc1nccs1.Cc1nnc(C2CC2)s1. The van der Waals surface area contributed by atoms with E-state index in [4.69, 9.17) is 16.2 Å². The number of piperidine rings is 2. The summed E-state index contributed by atoms with van der Waals surface area (Å²) in [5, 5.41) is 18.2. The van der Waals surface area contributed by atoms with Gasteiger partial charge in [0.25, 0.3) is 0 Å². The molecule has 0 amide bonds. The van der Waals surface area contributed by atoms with Crippen LogP contribution in [0.15, 0.2) is 144 Å². The maximum Gasteiger partial charge on any atom is 0.120 e. The molecule has 4 aliphatic heterocycles. The number of hydrogen-bond donors (Lipinski definition) is 3. The summed E-state index contributed by atoms with van der Waals surface area (Å²) in [6.45, 7) is 50.5. The first-order chi connectivity index (χ1) is 62.3. The van der Waals surface area contributed by atoms with Crippen LogP contribution >= 0.6 is 34.0 Å². The first-order valence-corrected chi connectivity index (χ1v) is 54.5. The molecule has 12 unspecified atom stereocenters. The van der Waals surface area contributed by atoms with E-state index in [0.717, 1.165) is 112 Å². The molecule has 722 valence electrons. The van der Waals surface area contributed by atoms with Gasteiger partial charge in [0.2, 0.25) is 0 Å².